The second kappa shape index (κ2) is 11.3. The van der Waals surface area contributed by atoms with Crippen LogP contribution in [0.4, 0.5) is 5.69 Å². The Kier molecular flexibility index (Phi) is 7.69. The van der Waals surface area contributed by atoms with Gasteiger partial charge in [-0.2, -0.15) is 0 Å². The number of fused-ring (bicyclic) bond motifs is 1. The van der Waals surface area contributed by atoms with Gasteiger partial charge in [0, 0.05) is 19.8 Å². The minimum absolute atomic E-state index is 0.218. The second-order valence-electron chi connectivity index (χ2n) is 8.50. The first-order chi connectivity index (χ1) is 18.4. The van der Waals surface area contributed by atoms with Crippen LogP contribution in [0, 0.1) is 0 Å². The zero-order chi connectivity index (χ0) is 26.6. The molecular weight excluding hydrogens is 541 g/mol. The van der Waals surface area contributed by atoms with E-state index in [2.05, 4.69) is 5.32 Å². The molecule has 0 atom stereocenters. The van der Waals surface area contributed by atoms with Gasteiger partial charge in [0.15, 0.2) is 0 Å². The maximum atomic E-state index is 13.2. The largest absolute Gasteiger partial charge is 0.324 e. The first-order valence-corrected chi connectivity index (χ1v) is 13.3. The van der Waals surface area contributed by atoms with Crippen LogP contribution in [0.2, 0.25) is 10.0 Å². The van der Waals surface area contributed by atoms with E-state index in [1.807, 2.05) is 60.7 Å². The van der Waals surface area contributed by atoms with Crippen molar-refractivity contribution in [2.24, 2.45) is 0 Å². The molecule has 190 valence electrons. The van der Waals surface area contributed by atoms with E-state index in [1.54, 1.807) is 36.4 Å². The molecule has 0 aliphatic carbocycles. The van der Waals surface area contributed by atoms with E-state index < -0.39 is 17.0 Å². The van der Waals surface area contributed by atoms with Crippen LogP contribution in [0.5, 0.6) is 0 Å². The van der Waals surface area contributed by atoms with Gasteiger partial charge >= 0.3 is 11.1 Å². The quantitative estimate of drug-likeness (QED) is 0.236. The fraction of sp³-hybridized carbons (Fsp3) is 0.0690. The Morgan fingerprint density at radius 2 is 1.39 bits per heavy atom. The zero-order valence-electron chi connectivity index (χ0n) is 19.9. The topological polar surface area (TPSA) is 73.1 Å². The van der Waals surface area contributed by atoms with Crippen molar-refractivity contribution in [3.63, 3.8) is 0 Å². The third-order valence-electron chi connectivity index (χ3n) is 5.88. The van der Waals surface area contributed by atoms with Crippen LogP contribution in [0.3, 0.4) is 0 Å². The summed E-state index contributed by atoms with van der Waals surface area (Å²) in [6.07, 6.45) is 0. The second-order valence-corrected chi connectivity index (χ2v) is 10.5. The van der Waals surface area contributed by atoms with Crippen molar-refractivity contribution in [3.8, 4) is 0 Å². The van der Waals surface area contributed by atoms with Gasteiger partial charge in [0.2, 0.25) is 5.91 Å². The molecule has 4 aromatic carbocycles. The van der Waals surface area contributed by atoms with Gasteiger partial charge in [-0.1, -0.05) is 77.4 Å². The van der Waals surface area contributed by atoms with Gasteiger partial charge in [0.25, 0.3) is 0 Å². The van der Waals surface area contributed by atoms with E-state index in [4.69, 9.17) is 23.2 Å². The van der Waals surface area contributed by atoms with Crippen molar-refractivity contribution < 1.29 is 4.79 Å². The monoisotopic (exact) mass is 561 g/mol. The number of para-hydroxylation sites is 1. The molecule has 0 aliphatic heterocycles. The lowest BCUT2D eigenvalue weighted by Gasteiger charge is -2.16. The summed E-state index contributed by atoms with van der Waals surface area (Å²) >= 11 is 13.7. The highest BCUT2D eigenvalue weighted by atomic mass is 35.5. The highest BCUT2D eigenvalue weighted by Gasteiger charge is 2.17. The number of benzene rings is 4. The number of hydrogen-bond donors (Lipinski definition) is 1. The average molecular weight is 562 g/mol. The Hall–Kier alpha value is -3.78. The molecule has 0 spiro atoms. The van der Waals surface area contributed by atoms with Gasteiger partial charge in [-0.05, 0) is 60.2 Å². The molecule has 1 aromatic heterocycles. The minimum atomic E-state index is -0.797. The van der Waals surface area contributed by atoms with Gasteiger partial charge in [-0.15, -0.1) is 0 Å². The van der Waals surface area contributed by atoms with E-state index in [9.17, 15) is 14.4 Å². The van der Waals surface area contributed by atoms with Crippen LogP contribution < -0.4 is 16.4 Å². The Labute approximate surface area is 232 Å². The standard InChI is InChI=1S/C29H21Cl2N3O3S/c30-20-10-13-22(14-11-20)38-26-9-5-4-8-23(26)32-27(35)18-34-25-16-21(31)12-15-24(25)33(28(36)29(34)37)17-19-6-2-1-3-7-19/h1-16H,17-18H2,(H,32,35). The van der Waals surface area contributed by atoms with E-state index in [0.29, 0.717) is 26.8 Å². The van der Waals surface area contributed by atoms with Gasteiger partial charge in [-0.3, -0.25) is 23.5 Å². The number of hydrogen-bond acceptors (Lipinski definition) is 4. The summed E-state index contributed by atoms with van der Waals surface area (Å²) in [5.41, 5.74) is 0.858. The number of halogens is 2. The fourth-order valence-electron chi connectivity index (χ4n) is 4.09. The molecule has 1 N–H and O–H groups in total. The molecule has 5 aromatic rings. The summed E-state index contributed by atoms with van der Waals surface area (Å²) in [7, 11) is 0. The normalized spacial score (nSPS) is 11.0. The summed E-state index contributed by atoms with van der Waals surface area (Å²) in [5.74, 6) is -0.447. The van der Waals surface area contributed by atoms with Crippen molar-refractivity contribution in [2.45, 2.75) is 22.9 Å². The molecule has 9 heteroatoms. The first-order valence-electron chi connectivity index (χ1n) is 11.7. The number of rotatable bonds is 7. The summed E-state index contributed by atoms with van der Waals surface area (Å²) in [6, 6.07) is 29.1. The predicted octanol–water partition coefficient (Wildman–Crippen LogP) is 6.31. The highest BCUT2D eigenvalue weighted by molar-refractivity contribution is 7.99. The summed E-state index contributed by atoms with van der Waals surface area (Å²) in [4.78, 5) is 41.3. The van der Waals surface area contributed by atoms with Gasteiger partial charge in [-0.25, -0.2) is 0 Å². The molecule has 5 rings (SSSR count). The first kappa shape index (κ1) is 25.9. The number of nitrogens with one attached hydrogen (secondary N) is 1. The van der Waals surface area contributed by atoms with Crippen LogP contribution >= 0.6 is 35.0 Å². The molecule has 0 aliphatic rings. The maximum absolute atomic E-state index is 13.2. The molecular formula is C29H21Cl2N3O3S. The number of nitrogens with zero attached hydrogens (tertiary/aromatic N) is 2. The molecule has 0 saturated heterocycles. The van der Waals surface area contributed by atoms with Crippen molar-refractivity contribution in [2.75, 3.05) is 5.32 Å². The Bertz CT molecular complexity index is 1750. The lowest BCUT2D eigenvalue weighted by atomic mass is 10.2. The molecule has 1 amide bonds. The number of amides is 1. The number of carbonyl (C=O) groups is 1. The molecule has 38 heavy (non-hydrogen) atoms. The molecule has 0 bridgehead atoms. The number of anilines is 1. The molecule has 0 unspecified atom stereocenters. The lowest BCUT2D eigenvalue weighted by molar-refractivity contribution is -0.116. The van der Waals surface area contributed by atoms with Crippen molar-refractivity contribution in [3.05, 3.63) is 133 Å². The number of aromatic nitrogens is 2. The predicted molar refractivity (Wildman–Crippen MR) is 154 cm³/mol. The molecule has 0 fully saturated rings. The summed E-state index contributed by atoms with van der Waals surface area (Å²) in [6.45, 7) is -0.133. The Morgan fingerprint density at radius 3 is 2.16 bits per heavy atom. The smallest absolute Gasteiger partial charge is 0.317 e. The van der Waals surface area contributed by atoms with Crippen LogP contribution in [0.1, 0.15) is 5.56 Å². The van der Waals surface area contributed by atoms with E-state index in [1.165, 1.54) is 20.9 Å². The van der Waals surface area contributed by atoms with Crippen LogP contribution in [0.25, 0.3) is 11.0 Å². The molecule has 6 nitrogen and oxygen atoms in total. The third-order valence-corrected chi connectivity index (χ3v) is 7.45. The zero-order valence-corrected chi connectivity index (χ0v) is 22.3. The van der Waals surface area contributed by atoms with E-state index >= 15 is 0 Å². The van der Waals surface area contributed by atoms with Crippen molar-refractivity contribution >= 4 is 57.6 Å². The van der Waals surface area contributed by atoms with E-state index in [0.717, 1.165) is 15.4 Å². The molecule has 0 saturated carbocycles. The average Bonchev–Trinajstić information content (AvgIpc) is 2.92. The summed E-state index contributed by atoms with van der Waals surface area (Å²) in [5, 5.41) is 3.91. The van der Waals surface area contributed by atoms with Crippen LogP contribution in [-0.4, -0.2) is 15.0 Å². The fourth-order valence-corrected chi connectivity index (χ4v) is 5.29. The number of carbonyl (C=O) groups excluding carboxylic acids is 1. The Morgan fingerprint density at radius 1 is 0.737 bits per heavy atom. The SMILES string of the molecule is O=C(Cn1c(=O)c(=O)n(Cc2ccccc2)c2ccc(Cl)cc21)Nc1ccccc1Sc1ccc(Cl)cc1. The molecule has 1 heterocycles. The maximum Gasteiger partial charge on any atom is 0.317 e. The molecule has 0 radical (unpaired) electrons. The Balaban J connectivity index is 1.47. The van der Waals surface area contributed by atoms with Crippen molar-refractivity contribution in [1.82, 2.24) is 9.13 Å². The van der Waals surface area contributed by atoms with Crippen LogP contribution in [0.15, 0.2) is 116 Å². The highest BCUT2D eigenvalue weighted by Crippen LogP contribution is 2.34. The van der Waals surface area contributed by atoms with E-state index in [-0.39, 0.29) is 13.1 Å². The van der Waals surface area contributed by atoms with Gasteiger partial charge in [0.1, 0.15) is 6.54 Å². The van der Waals surface area contributed by atoms with Gasteiger partial charge in [0.05, 0.1) is 23.3 Å². The lowest BCUT2D eigenvalue weighted by Crippen LogP contribution is -2.43. The summed E-state index contributed by atoms with van der Waals surface area (Å²) < 4.78 is 2.59. The van der Waals surface area contributed by atoms with Crippen molar-refractivity contribution in [1.29, 1.82) is 0 Å². The third kappa shape index (κ3) is 5.70. The van der Waals surface area contributed by atoms with Crippen LogP contribution in [-0.2, 0) is 17.9 Å². The van der Waals surface area contributed by atoms with Gasteiger partial charge < -0.3 is 5.32 Å². The minimum Gasteiger partial charge on any atom is -0.324 e.